The first-order valence-corrected chi connectivity index (χ1v) is 5.65. The van der Waals surface area contributed by atoms with Crippen molar-refractivity contribution in [1.29, 1.82) is 0 Å². The summed E-state index contributed by atoms with van der Waals surface area (Å²) in [6, 6.07) is 0. The maximum Gasteiger partial charge on any atom is 0.274 e. The van der Waals surface area contributed by atoms with Gasteiger partial charge in [-0.1, -0.05) is 0 Å². The molecule has 0 saturated carbocycles. The van der Waals surface area contributed by atoms with E-state index in [1.54, 1.807) is 4.90 Å². The zero-order chi connectivity index (χ0) is 12.6. The summed E-state index contributed by atoms with van der Waals surface area (Å²) in [5, 5.41) is 6.40. The minimum absolute atomic E-state index is 0.0202. The van der Waals surface area contributed by atoms with Crippen molar-refractivity contribution >= 4 is 11.6 Å². The second-order valence-electron chi connectivity index (χ2n) is 5.07. The lowest BCUT2D eigenvalue weighted by Crippen LogP contribution is -2.53. The van der Waals surface area contributed by atoms with Crippen LogP contribution in [0.15, 0.2) is 6.20 Å². The zero-order valence-electron chi connectivity index (χ0n) is 10.4. The highest BCUT2D eigenvalue weighted by atomic mass is 16.5. The molecule has 3 N–H and O–H groups in total. The van der Waals surface area contributed by atoms with Gasteiger partial charge in [-0.2, -0.15) is 5.10 Å². The molecule has 94 valence electrons. The van der Waals surface area contributed by atoms with Crippen molar-refractivity contribution in [3.63, 3.8) is 0 Å². The Balaban J connectivity index is 2.18. The number of nitrogens with zero attached hydrogens (tertiary/aromatic N) is 2. The number of aromatic amines is 1. The second-order valence-corrected chi connectivity index (χ2v) is 5.07. The lowest BCUT2D eigenvalue weighted by Gasteiger charge is -2.41. The van der Waals surface area contributed by atoms with Crippen LogP contribution in [0.1, 0.15) is 31.3 Å². The van der Waals surface area contributed by atoms with Crippen LogP contribution in [0.2, 0.25) is 0 Å². The van der Waals surface area contributed by atoms with Crippen LogP contribution in [0.5, 0.6) is 0 Å². The summed E-state index contributed by atoms with van der Waals surface area (Å²) in [5.74, 6) is -0.122. The summed E-state index contributed by atoms with van der Waals surface area (Å²) < 4.78 is 5.75. The molecular formula is C11H18N4O2. The zero-order valence-corrected chi connectivity index (χ0v) is 10.4. The first-order valence-electron chi connectivity index (χ1n) is 5.65. The van der Waals surface area contributed by atoms with Crippen molar-refractivity contribution in [3.05, 3.63) is 11.9 Å². The van der Waals surface area contributed by atoms with E-state index in [-0.39, 0.29) is 17.6 Å². The molecule has 1 atom stereocenters. The lowest BCUT2D eigenvalue weighted by atomic mass is 10.1. The van der Waals surface area contributed by atoms with Crippen molar-refractivity contribution in [2.24, 2.45) is 0 Å². The van der Waals surface area contributed by atoms with Gasteiger partial charge in [-0.25, -0.2) is 0 Å². The number of hydrogen-bond acceptors (Lipinski definition) is 4. The molecule has 1 saturated heterocycles. The summed E-state index contributed by atoms with van der Waals surface area (Å²) in [6.07, 6.45) is 1.47. The molecule has 1 fully saturated rings. The number of hydrogen-bond donors (Lipinski definition) is 2. The van der Waals surface area contributed by atoms with Gasteiger partial charge in [0.05, 0.1) is 23.6 Å². The number of ether oxygens (including phenoxy) is 1. The SMILES string of the molecule is CC1CN(C(=O)c2[nH]ncc2N)CC(C)(C)O1. The minimum Gasteiger partial charge on any atom is -0.396 e. The average molecular weight is 238 g/mol. The molecule has 0 aliphatic carbocycles. The van der Waals surface area contributed by atoms with E-state index in [2.05, 4.69) is 10.2 Å². The molecule has 17 heavy (non-hydrogen) atoms. The van der Waals surface area contributed by atoms with Gasteiger partial charge >= 0.3 is 0 Å². The minimum atomic E-state index is -0.331. The van der Waals surface area contributed by atoms with Crippen LogP contribution >= 0.6 is 0 Å². The van der Waals surface area contributed by atoms with E-state index in [9.17, 15) is 4.79 Å². The Morgan fingerprint density at radius 2 is 2.41 bits per heavy atom. The van der Waals surface area contributed by atoms with E-state index in [0.29, 0.717) is 24.5 Å². The highest BCUT2D eigenvalue weighted by Gasteiger charge is 2.34. The fraction of sp³-hybridized carbons (Fsp3) is 0.636. The number of carbonyl (C=O) groups excluding carboxylic acids is 1. The van der Waals surface area contributed by atoms with Gasteiger partial charge in [-0.15, -0.1) is 0 Å². The summed E-state index contributed by atoms with van der Waals surface area (Å²) >= 11 is 0. The summed E-state index contributed by atoms with van der Waals surface area (Å²) in [5.41, 5.74) is 6.08. The quantitative estimate of drug-likeness (QED) is 0.751. The number of anilines is 1. The molecule has 2 rings (SSSR count). The van der Waals surface area contributed by atoms with Crippen molar-refractivity contribution in [2.75, 3.05) is 18.8 Å². The molecule has 1 amide bonds. The Hall–Kier alpha value is -1.56. The number of amides is 1. The molecular weight excluding hydrogens is 220 g/mol. The van der Waals surface area contributed by atoms with Crippen molar-refractivity contribution in [2.45, 2.75) is 32.5 Å². The predicted octanol–water partition coefficient (Wildman–Crippen LogP) is 0.631. The molecule has 1 aromatic heterocycles. The van der Waals surface area contributed by atoms with Crippen LogP contribution in [0.25, 0.3) is 0 Å². The van der Waals surface area contributed by atoms with Crippen LogP contribution in [0, 0.1) is 0 Å². The van der Waals surface area contributed by atoms with Crippen molar-refractivity contribution in [3.8, 4) is 0 Å². The smallest absolute Gasteiger partial charge is 0.274 e. The number of carbonyl (C=O) groups is 1. The molecule has 2 heterocycles. The Kier molecular flexibility index (Phi) is 2.82. The van der Waals surface area contributed by atoms with Crippen LogP contribution in [0.4, 0.5) is 5.69 Å². The third kappa shape index (κ3) is 2.41. The molecule has 0 aromatic carbocycles. The largest absolute Gasteiger partial charge is 0.396 e. The monoisotopic (exact) mass is 238 g/mol. The van der Waals surface area contributed by atoms with E-state index < -0.39 is 0 Å². The van der Waals surface area contributed by atoms with Crippen LogP contribution in [-0.4, -0.2) is 45.8 Å². The average Bonchev–Trinajstić information content (AvgIpc) is 2.60. The molecule has 1 aliphatic heterocycles. The highest BCUT2D eigenvalue weighted by Crippen LogP contribution is 2.22. The van der Waals surface area contributed by atoms with E-state index in [1.165, 1.54) is 6.20 Å². The second kappa shape index (κ2) is 4.03. The van der Waals surface area contributed by atoms with E-state index in [0.717, 1.165) is 0 Å². The number of rotatable bonds is 1. The first-order chi connectivity index (χ1) is 7.89. The third-order valence-corrected chi connectivity index (χ3v) is 2.74. The number of aromatic nitrogens is 2. The van der Waals surface area contributed by atoms with Crippen molar-refractivity contribution < 1.29 is 9.53 Å². The lowest BCUT2D eigenvalue weighted by molar-refractivity contribution is -0.118. The number of morpholine rings is 1. The van der Waals surface area contributed by atoms with Gasteiger partial charge in [0, 0.05) is 13.1 Å². The van der Waals surface area contributed by atoms with Crippen molar-refractivity contribution in [1.82, 2.24) is 15.1 Å². The molecule has 0 spiro atoms. The first kappa shape index (κ1) is 11.9. The highest BCUT2D eigenvalue weighted by molar-refractivity contribution is 5.97. The van der Waals surface area contributed by atoms with E-state index in [1.807, 2.05) is 20.8 Å². The number of nitrogens with two attached hydrogens (primary N) is 1. The number of nitrogen functional groups attached to an aromatic ring is 1. The molecule has 1 aliphatic rings. The molecule has 6 nitrogen and oxygen atoms in total. The Bertz CT molecular complexity index is 427. The van der Waals surface area contributed by atoms with Gasteiger partial charge < -0.3 is 15.4 Å². The number of nitrogens with one attached hydrogen (secondary N) is 1. The molecule has 1 aromatic rings. The Morgan fingerprint density at radius 1 is 1.71 bits per heavy atom. The molecule has 1 unspecified atom stereocenters. The molecule has 6 heteroatoms. The van der Waals surface area contributed by atoms with Gasteiger partial charge in [0.1, 0.15) is 5.69 Å². The van der Waals surface area contributed by atoms with Gasteiger partial charge in [0.25, 0.3) is 5.91 Å². The summed E-state index contributed by atoms with van der Waals surface area (Å²) in [4.78, 5) is 14.0. The maximum absolute atomic E-state index is 12.2. The van der Waals surface area contributed by atoms with E-state index >= 15 is 0 Å². The van der Waals surface area contributed by atoms with Crippen LogP contribution < -0.4 is 5.73 Å². The third-order valence-electron chi connectivity index (χ3n) is 2.74. The normalized spacial score (nSPS) is 23.7. The van der Waals surface area contributed by atoms with Gasteiger partial charge in [-0.3, -0.25) is 9.89 Å². The molecule has 0 radical (unpaired) electrons. The van der Waals surface area contributed by atoms with Crippen LogP contribution in [0.3, 0.4) is 0 Å². The Labute approximate surface area is 100 Å². The fourth-order valence-corrected chi connectivity index (χ4v) is 2.23. The van der Waals surface area contributed by atoms with Crippen LogP contribution in [-0.2, 0) is 4.74 Å². The fourth-order valence-electron chi connectivity index (χ4n) is 2.23. The predicted molar refractivity (Wildman–Crippen MR) is 63.5 cm³/mol. The van der Waals surface area contributed by atoms with Gasteiger partial charge in [0.15, 0.2) is 0 Å². The molecule has 0 bridgehead atoms. The topological polar surface area (TPSA) is 84.2 Å². The maximum atomic E-state index is 12.2. The summed E-state index contributed by atoms with van der Waals surface area (Å²) in [7, 11) is 0. The summed E-state index contributed by atoms with van der Waals surface area (Å²) in [6.45, 7) is 7.02. The van der Waals surface area contributed by atoms with E-state index in [4.69, 9.17) is 10.5 Å². The Morgan fingerprint density at radius 3 is 2.94 bits per heavy atom. The van der Waals surface area contributed by atoms with Gasteiger partial charge in [-0.05, 0) is 20.8 Å². The number of H-pyrrole nitrogens is 1. The van der Waals surface area contributed by atoms with Gasteiger partial charge in [0.2, 0.25) is 0 Å². The standard InChI is InChI=1S/C11H18N4O2/c1-7-5-15(6-11(2,3)17-7)10(16)9-8(12)4-13-14-9/h4,7H,5-6,12H2,1-3H3,(H,13,14).